The van der Waals surface area contributed by atoms with Crippen LogP contribution in [0.1, 0.15) is 35.2 Å². The Bertz CT molecular complexity index is 1690. The Morgan fingerprint density at radius 2 is 1.84 bits per heavy atom. The van der Waals surface area contributed by atoms with Crippen molar-refractivity contribution >= 4 is 22.9 Å². The number of nitrogens with zero attached hydrogens (tertiary/aromatic N) is 4. The zero-order valence-corrected chi connectivity index (χ0v) is 20.8. The standard InChI is InChI=1S/C29H26FN7O/c1-33-28(38)21-16-17(5-10-22(21)30)23-11-12-24-27(35-23)37(26(36-24)20-4-2-15-34-25(20)31)19-8-6-18(7-9-19)29(32)13-3-14-29/h2,4-12,15-16H,3,13-14,32H2,1H3,(H2,31,34)(H,33,38). The number of nitrogens with one attached hydrogen (secondary N) is 1. The van der Waals surface area contributed by atoms with Crippen LogP contribution in [0.2, 0.25) is 0 Å². The number of nitrogen functional groups attached to an aromatic ring is 1. The highest BCUT2D eigenvalue weighted by molar-refractivity contribution is 5.95. The Hall–Kier alpha value is -4.63. The predicted molar refractivity (Wildman–Crippen MR) is 145 cm³/mol. The number of amides is 1. The van der Waals surface area contributed by atoms with Gasteiger partial charge >= 0.3 is 0 Å². The van der Waals surface area contributed by atoms with E-state index in [4.69, 9.17) is 21.4 Å². The summed E-state index contributed by atoms with van der Waals surface area (Å²) in [6, 6.07) is 19.8. The van der Waals surface area contributed by atoms with Gasteiger partial charge < -0.3 is 16.8 Å². The van der Waals surface area contributed by atoms with Crippen LogP contribution in [0, 0.1) is 5.82 Å². The van der Waals surface area contributed by atoms with Crippen LogP contribution in [0.4, 0.5) is 10.2 Å². The van der Waals surface area contributed by atoms with E-state index in [0.29, 0.717) is 39.6 Å². The first-order chi connectivity index (χ1) is 18.4. The fraction of sp³-hybridized carbons (Fsp3) is 0.172. The Balaban J connectivity index is 1.54. The van der Waals surface area contributed by atoms with Gasteiger partial charge in [-0.05, 0) is 79.4 Å². The second-order valence-corrected chi connectivity index (χ2v) is 9.58. The molecule has 1 aliphatic rings. The van der Waals surface area contributed by atoms with Gasteiger partial charge in [0.05, 0.1) is 16.8 Å². The molecule has 1 fully saturated rings. The van der Waals surface area contributed by atoms with Gasteiger partial charge in [0, 0.05) is 30.0 Å². The first-order valence-corrected chi connectivity index (χ1v) is 12.4. The molecule has 0 spiro atoms. The first-order valence-electron chi connectivity index (χ1n) is 12.4. The predicted octanol–water partition coefficient (Wildman–Crippen LogP) is 4.57. The van der Waals surface area contributed by atoms with Crippen LogP contribution in [0.3, 0.4) is 0 Å². The lowest BCUT2D eigenvalue weighted by molar-refractivity contribution is 0.0959. The van der Waals surface area contributed by atoms with Crippen molar-refractivity contribution in [3.8, 4) is 28.3 Å². The van der Waals surface area contributed by atoms with E-state index in [9.17, 15) is 9.18 Å². The fourth-order valence-electron chi connectivity index (χ4n) is 4.93. The molecule has 0 unspecified atom stereocenters. The van der Waals surface area contributed by atoms with Crippen molar-refractivity contribution in [2.75, 3.05) is 12.8 Å². The summed E-state index contributed by atoms with van der Waals surface area (Å²) in [7, 11) is 1.46. The van der Waals surface area contributed by atoms with Crippen molar-refractivity contribution in [2.45, 2.75) is 24.8 Å². The highest BCUT2D eigenvalue weighted by Gasteiger charge is 2.34. The van der Waals surface area contributed by atoms with E-state index >= 15 is 0 Å². The minimum atomic E-state index is -0.599. The maximum absolute atomic E-state index is 14.3. The highest BCUT2D eigenvalue weighted by atomic mass is 19.1. The zero-order chi connectivity index (χ0) is 26.4. The van der Waals surface area contributed by atoms with E-state index in [-0.39, 0.29) is 11.1 Å². The van der Waals surface area contributed by atoms with E-state index in [1.165, 1.54) is 19.2 Å². The van der Waals surface area contributed by atoms with E-state index in [0.717, 1.165) is 30.5 Å². The van der Waals surface area contributed by atoms with Gasteiger partial charge in [0.15, 0.2) is 11.5 Å². The van der Waals surface area contributed by atoms with Gasteiger partial charge in [-0.15, -0.1) is 0 Å². The molecule has 1 aliphatic carbocycles. The third-order valence-corrected chi connectivity index (χ3v) is 7.26. The number of halogens is 1. The molecule has 9 heteroatoms. The minimum Gasteiger partial charge on any atom is -0.383 e. The highest BCUT2D eigenvalue weighted by Crippen LogP contribution is 2.39. The molecule has 190 valence electrons. The molecular formula is C29H26FN7O. The first kappa shape index (κ1) is 23.7. The summed E-state index contributed by atoms with van der Waals surface area (Å²) >= 11 is 0. The number of hydrogen-bond acceptors (Lipinski definition) is 6. The molecule has 8 nitrogen and oxygen atoms in total. The number of hydrogen-bond donors (Lipinski definition) is 3. The molecule has 1 amide bonds. The number of fused-ring (bicyclic) bond motifs is 1. The Labute approximate surface area is 218 Å². The smallest absolute Gasteiger partial charge is 0.254 e. The quantitative estimate of drug-likeness (QED) is 0.320. The number of pyridine rings is 2. The number of aromatic nitrogens is 4. The fourth-order valence-corrected chi connectivity index (χ4v) is 4.93. The topological polar surface area (TPSA) is 125 Å². The second kappa shape index (κ2) is 9.04. The molecule has 3 aromatic heterocycles. The molecule has 5 aromatic rings. The van der Waals surface area contributed by atoms with Gasteiger partial charge in [-0.2, -0.15) is 0 Å². The third kappa shape index (κ3) is 3.88. The van der Waals surface area contributed by atoms with E-state index in [1.807, 2.05) is 34.9 Å². The molecule has 0 saturated heterocycles. The average molecular weight is 508 g/mol. The van der Waals surface area contributed by atoms with Crippen molar-refractivity contribution < 1.29 is 9.18 Å². The zero-order valence-electron chi connectivity index (χ0n) is 20.8. The molecule has 38 heavy (non-hydrogen) atoms. The van der Waals surface area contributed by atoms with Crippen LogP contribution in [-0.4, -0.2) is 32.5 Å². The summed E-state index contributed by atoms with van der Waals surface area (Å²) in [4.78, 5) is 26.2. The largest absolute Gasteiger partial charge is 0.383 e. The van der Waals surface area contributed by atoms with Crippen molar-refractivity contribution in [3.63, 3.8) is 0 Å². The number of benzene rings is 2. The van der Waals surface area contributed by atoms with Gasteiger partial charge in [0.1, 0.15) is 17.2 Å². The monoisotopic (exact) mass is 507 g/mol. The molecule has 5 N–H and O–H groups in total. The molecule has 3 heterocycles. The summed E-state index contributed by atoms with van der Waals surface area (Å²) < 4.78 is 16.2. The van der Waals surface area contributed by atoms with E-state index in [1.54, 1.807) is 18.3 Å². The van der Waals surface area contributed by atoms with Crippen molar-refractivity contribution in [3.05, 3.63) is 89.9 Å². The number of rotatable bonds is 5. The van der Waals surface area contributed by atoms with Crippen LogP contribution in [0.15, 0.2) is 72.9 Å². The maximum Gasteiger partial charge on any atom is 0.254 e. The summed E-state index contributed by atoms with van der Waals surface area (Å²) in [5.41, 5.74) is 17.5. The summed E-state index contributed by atoms with van der Waals surface area (Å²) in [6.07, 6.45) is 4.71. The van der Waals surface area contributed by atoms with E-state index in [2.05, 4.69) is 22.4 Å². The maximum atomic E-state index is 14.3. The number of imidazole rings is 1. The molecule has 0 aliphatic heterocycles. The molecule has 0 radical (unpaired) electrons. The van der Waals surface area contributed by atoms with Crippen LogP contribution >= 0.6 is 0 Å². The molecule has 2 aromatic carbocycles. The summed E-state index contributed by atoms with van der Waals surface area (Å²) in [5.74, 6) is -0.156. The van der Waals surface area contributed by atoms with E-state index < -0.39 is 11.7 Å². The van der Waals surface area contributed by atoms with Gasteiger partial charge in [-0.1, -0.05) is 12.1 Å². The normalized spacial score (nSPS) is 14.3. The molecule has 6 rings (SSSR count). The van der Waals surface area contributed by atoms with Gasteiger partial charge in [-0.25, -0.2) is 19.3 Å². The van der Waals surface area contributed by atoms with Gasteiger partial charge in [-0.3, -0.25) is 9.36 Å². The Morgan fingerprint density at radius 3 is 2.53 bits per heavy atom. The Morgan fingerprint density at radius 1 is 1.05 bits per heavy atom. The number of nitrogens with two attached hydrogens (primary N) is 2. The number of anilines is 1. The van der Waals surface area contributed by atoms with Crippen LogP contribution in [-0.2, 0) is 5.54 Å². The average Bonchev–Trinajstić information content (AvgIpc) is 3.30. The van der Waals surface area contributed by atoms with Crippen molar-refractivity contribution in [2.24, 2.45) is 5.73 Å². The Kier molecular flexibility index (Phi) is 5.65. The van der Waals surface area contributed by atoms with Crippen LogP contribution in [0.5, 0.6) is 0 Å². The summed E-state index contributed by atoms with van der Waals surface area (Å²) in [5, 5.41) is 2.47. The summed E-state index contributed by atoms with van der Waals surface area (Å²) in [6.45, 7) is 0. The van der Waals surface area contributed by atoms with Gasteiger partial charge in [0.25, 0.3) is 5.91 Å². The lowest BCUT2D eigenvalue weighted by Crippen LogP contribution is -2.43. The van der Waals surface area contributed by atoms with Crippen LogP contribution in [0.25, 0.3) is 39.5 Å². The van der Waals surface area contributed by atoms with Crippen molar-refractivity contribution in [1.29, 1.82) is 0 Å². The second-order valence-electron chi connectivity index (χ2n) is 9.58. The SMILES string of the molecule is CNC(=O)c1cc(-c2ccc3nc(-c4cccnc4N)n(-c4ccc(C5(N)CCC5)cc4)c3n2)ccc1F. The molecule has 1 saturated carbocycles. The molecule has 0 bridgehead atoms. The molecule has 0 atom stereocenters. The number of carbonyl (C=O) groups excluding carboxylic acids is 1. The number of carbonyl (C=O) groups is 1. The third-order valence-electron chi connectivity index (χ3n) is 7.26. The minimum absolute atomic E-state index is 0.0495. The van der Waals surface area contributed by atoms with Crippen LogP contribution < -0.4 is 16.8 Å². The lowest BCUT2D eigenvalue weighted by Gasteiger charge is -2.38. The molecular weight excluding hydrogens is 481 g/mol. The van der Waals surface area contributed by atoms with Crippen molar-refractivity contribution in [1.82, 2.24) is 24.8 Å². The van der Waals surface area contributed by atoms with Gasteiger partial charge in [0.2, 0.25) is 0 Å². The lowest BCUT2D eigenvalue weighted by atomic mass is 9.73.